The van der Waals surface area contributed by atoms with Gasteiger partial charge in [-0.25, -0.2) is 33.1 Å². The smallest absolute Gasteiger partial charge is 0.313 e. The van der Waals surface area contributed by atoms with E-state index >= 15 is 0 Å². The number of imidazole rings is 3. The molecule has 410 valence electrons. The molecule has 9 rings (SSSR count). The lowest BCUT2D eigenvalue weighted by atomic mass is 10.1. The number of aromatic nitrogens is 12. The van der Waals surface area contributed by atoms with Crippen LogP contribution in [0.25, 0.3) is 33.5 Å². The van der Waals surface area contributed by atoms with E-state index in [9.17, 15) is 58.2 Å². The molecule has 9 N–H and O–H groups in total. The minimum absolute atomic E-state index is 0.00918. The number of H-pyrrole nitrogens is 2. The van der Waals surface area contributed by atoms with Crippen molar-refractivity contribution in [2.45, 2.75) is 73.6 Å². The van der Waals surface area contributed by atoms with Crippen LogP contribution in [0.15, 0.2) is 41.1 Å². The van der Waals surface area contributed by atoms with Crippen LogP contribution in [0.1, 0.15) is 18.7 Å². The Balaban J connectivity index is 0.858. The first kappa shape index (κ1) is 55.2. The van der Waals surface area contributed by atoms with Gasteiger partial charge in [0.15, 0.2) is 35.6 Å². The van der Waals surface area contributed by atoms with Crippen LogP contribution in [0.4, 0.5) is 11.9 Å². The Morgan fingerprint density at radius 2 is 1.35 bits per heavy atom. The fourth-order valence-corrected chi connectivity index (χ4v) is 13.3. The van der Waals surface area contributed by atoms with Gasteiger partial charge in [0.25, 0.3) is 40.5 Å². The zero-order chi connectivity index (χ0) is 54.1. The molecule has 3 fully saturated rings. The van der Waals surface area contributed by atoms with Gasteiger partial charge < -0.3 is 88.1 Å². The molecule has 42 heteroatoms. The number of phosphoric acid groups is 3. The second-order valence-electron chi connectivity index (χ2n) is 16.4. The van der Waals surface area contributed by atoms with Gasteiger partial charge in [-0.15, -0.1) is 0 Å². The van der Waals surface area contributed by atoms with Crippen LogP contribution in [0.5, 0.6) is 0 Å². The van der Waals surface area contributed by atoms with Gasteiger partial charge in [-0.3, -0.25) is 47.0 Å². The molecule has 6 aromatic heterocycles. The summed E-state index contributed by atoms with van der Waals surface area (Å²) >= 11 is 5.15. The number of methoxy groups -OCH3 is 2. The summed E-state index contributed by atoms with van der Waals surface area (Å²) in [4.78, 5) is 106. The Kier molecular flexibility index (Phi) is 15.5. The van der Waals surface area contributed by atoms with Crippen LogP contribution in [0.2, 0.25) is 0 Å². The number of nitrogens with one attached hydrogen (secondary N) is 2. The number of aromatic amines is 2. The van der Waals surface area contributed by atoms with E-state index in [2.05, 4.69) is 53.0 Å². The molecular weight excluding hydrogens is 1120 g/mol. The number of anilines is 2. The molecule has 0 bridgehead atoms. The second-order valence-corrected chi connectivity index (χ2v) is 23.6. The summed E-state index contributed by atoms with van der Waals surface area (Å²) in [7, 11) is -15.1. The third kappa shape index (κ3) is 11.3. The monoisotopic (exact) mass is 1160 g/mol. The van der Waals surface area contributed by atoms with Crippen molar-refractivity contribution >= 4 is 87.4 Å². The van der Waals surface area contributed by atoms with Crippen LogP contribution in [0.3, 0.4) is 0 Å². The Labute approximate surface area is 421 Å². The summed E-state index contributed by atoms with van der Waals surface area (Å²) in [6.07, 6.45) is -12.5. The maximum absolute atomic E-state index is 13.9. The minimum atomic E-state index is -6.51. The highest BCUT2D eigenvalue weighted by molar-refractivity contribution is 8.06. The number of nitrogens with two attached hydrogens (primary N) is 2. The van der Waals surface area contributed by atoms with Crippen molar-refractivity contribution in [3.8, 4) is 0 Å². The van der Waals surface area contributed by atoms with Crippen molar-refractivity contribution in [1.29, 1.82) is 0 Å². The SMILES string of the molecule is COC1C(COP(=O)([O-])OP(=O)([O-])OP(=O)([O-])OCC2OC(n3cnc4cncnc43)C(OC)C2OP([O-])(=S)OCC2OC(n3cnc4c(=O)[nH]c(N)nc43)C(O)C2O)OC([n+]2cn(C)c3c(=O)[nH]c(N)nc32)C1O. The van der Waals surface area contributed by atoms with Crippen molar-refractivity contribution in [1.82, 2.24) is 53.6 Å². The molecule has 0 radical (unpaired) electrons. The van der Waals surface area contributed by atoms with Gasteiger partial charge >= 0.3 is 5.65 Å². The van der Waals surface area contributed by atoms with Crippen molar-refractivity contribution in [3.63, 3.8) is 0 Å². The van der Waals surface area contributed by atoms with Crippen molar-refractivity contribution < 1.29 is 104 Å². The Morgan fingerprint density at radius 3 is 2.03 bits per heavy atom. The molecule has 3 saturated heterocycles. The lowest BCUT2D eigenvalue weighted by Gasteiger charge is -2.36. The second kappa shape index (κ2) is 21.0. The highest BCUT2D eigenvalue weighted by Gasteiger charge is 2.51. The summed E-state index contributed by atoms with van der Waals surface area (Å²) < 4.78 is 101. The van der Waals surface area contributed by atoms with Gasteiger partial charge in [0.1, 0.15) is 73.5 Å². The Hall–Kier alpha value is -4.53. The number of rotatable bonds is 20. The molecule has 16 atom stereocenters. The van der Waals surface area contributed by atoms with E-state index in [0.29, 0.717) is 0 Å². The largest absolute Gasteiger partial charge is 0.780 e. The zero-order valence-corrected chi connectivity index (χ0v) is 42.7. The molecule has 3 aliphatic heterocycles. The number of fused-ring (bicyclic) bond motifs is 3. The van der Waals surface area contributed by atoms with Gasteiger partial charge in [-0.05, 0) is 0 Å². The maximum atomic E-state index is 13.9. The first-order valence-electron chi connectivity index (χ1n) is 21.3. The standard InChI is InChI=1S/C33H44N14O23P4S/c1-44-11-47(26-17(44)28(52)43-33(35)41-26)30-20(50)21(60-2)14(66-30)6-62-71(53,54)69-73(57,58)70-72(55,56)63-7-15-22(23(61-3)31(67-15)45-9-38-12-4-36-8-37-24(12)45)68-74(59,75)64-5-13-18(48)19(49)29(65-13)46-10-39-16-25(46)40-32(34)42-27(16)51/h4,8-11,13-15,18-23,29-31,48-50H,5-7H2,1-3H3,(H9-,34,35,40,41,42,43,51,52,53,54,55,56,57,58,59,75)/p-3. The number of nitrogen functional groups attached to an aromatic ring is 2. The number of phosphoric ester groups is 2. The summed E-state index contributed by atoms with van der Waals surface area (Å²) in [5, 5.41) is 32.8. The molecule has 3 aliphatic rings. The lowest BCUT2D eigenvalue weighted by Crippen LogP contribution is -2.46. The van der Waals surface area contributed by atoms with Crippen LogP contribution in [-0.4, -0.2) is 158 Å². The van der Waals surface area contributed by atoms with Crippen LogP contribution in [0, 0.1) is 0 Å². The van der Waals surface area contributed by atoms with E-state index in [-0.39, 0.29) is 45.4 Å². The highest BCUT2D eigenvalue weighted by Crippen LogP contribution is 2.63. The van der Waals surface area contributed by atoms with Gasteiger partial charge in [0.2, 0.25) is 17.7 Å². The third-order valence-corrected chi connectivity index (χ3v) is 17.3. The lowest BCUT2D eigenvalue weighted by molar-refractivity contribution is -0.745. The number of nitrogens with zero attached hydrogens (tertiary/aromatic N) is 10. The summed E-state index contributed by atoms with van der Waals surface area (Å²) in [6, 6.07) is 0. The summed E-state index contributed by atoms with van der Waals surface area (Å²) in [5.74, 6) is -0.582. The zero-order valence-electron chi connectivity index (χ0n) is 38.3. The predicted molar refractivity (Wildman–Crippen MR) is 237 cm³/mol. The van der Waals surface area contributed by atoms with Crippen molar-refractivity contribution in [3.05, 3.63) is 52.2 Å². The molecule has 9 heterocycles. The Bertz CT molecular complexity index is 3440. The number of aliphatic hydroxyl groups excluding tert-OH is 3. The molecule has 0 spiro atoms. The van der Waals surface area contributed by atoms with Crippen molar-refractivity contribution in [2.75, 3.05) is 45.5 Å². The molecule has 0 saturated carbocycles. The number of hydrogen-bond acceptors (Lipinski definition) is 32. The number of aryl methyl sites for hydroxylation is 1. The van der Waals surface area contributed by atoms with E-state index in [1.165, 1.54) is 39.6 Å². The van der Waals surface area contributed by atoms with Gasteiger partial charge in [0, 0.05) is 14.2 Å². The number of hydrogen-bond donors (Lipinski definition) is 7. The average Bonchev–Trinajstić information content (AvgIpc) is 4.18. The fourth-order valence-electron chi connectivity index (χ4n) is 8.45. The first-order valence-corrected chi connectivity index (χ1v) is 28.2. The van der Waals surface area contributed by atoms with E-state index in [4.69, 9.17) is 60.5 Å². The molecular formula is C33H41N14O23P4S-3. The van der Waals surface area contributed by atoms with Crippen LogP contribution in [-0.2, 0) is 83.0 Å². The molecule has 37 nitrogen and oxygen atoms in total. The molecule has 0 aromatic carbocycles. The maximum Gasteiger partial charge on any atom is 0.313 e. The normalized spacial score (nSPS) is 30.5. The third-order valence-electron chi connectivity index (χ3n) is 11.6. The van der Waals surface area contributed by atoms with Gasteiger partial charge in [0.05, 0.1) is 45.7 Å². The van der Waals surface area contributed by atoms with E-state index in [1.54, 1.807) is 0 Å². The molecule has 75 heavy (non-hydrogen) atoms. The average molecular weight is 1160 g/mol. The quantitative estimate of drug-likeness (QED) is 0.0276. The van der Waals surface area contributed by atoms with E-state index in [0.717, 1.165) is 31.4 Å². The fraction of sp³-hybridized carbons (Fsp3) is 0.545. The van der Waals surface area contributed by atoms with Crippen molar-refractivity contribution in [2.24, 2.45) is 7.05 Å². The van der Waals surface area contributed by atoms with E-state index < -0.39 is 135 Å². The molecule has 0 amide bonds. The highest BCUT2D eigenvalue weighted by atomic mass is 32.5. The number of aliphatic hydroxyl groups is 3. The van der Waals surface area contributed by atoms with Crippen LogP contribution >= 0.6 is 30.2 Å². The van der Waals surface area contributed by atoms with Gasteiger partial charge in [-0.1, -0.05) is 16.8 Å². The summed E-state index contributed by atoms with van der Waals surface area (Å²) in [5.41, 5.74) is 10.0. The molecule has 0 aliphatic carbocycles. The Morgan fingerprint density at radius 1 is 0.747 bits per heavy atom. The predicted octanol–water partition coefficient (Wildman–Crippen LogP) is -6.05. The van der Waals surface area contributed by atoms with Crippen LogP contribution < -0.4 is 46.7 Å². The summed E-state index contributed by atoms with van der Waals surface area (Å²) in [6.45, 7) is -8.07. The topological polar surface area (TPSA) is 519 Å². The molecule has 6 aromatic rings. The molecule has 16 unspecified atom stereocenters. The minimum Gasteiger partial charge on any atom is -0.780 e. The van der Waals surface area contributed by atoms with Gasteiger partial charge in [-0.2, -0.15) is 4.98 Å². The van der Waals surface area contributed by atoms with E-state index in [1.807, 2.05) is 0 Å². The first-order chi connectivity index (χ1) is 35.3. The number of ether oxygens (including phenoxy) is 5.